The van der Waals surface area contributed by atoms with Gasteiger partial charge in [0.25, 0.3) is 0 Å². The molecule has 1 atom stereocenters. The van der Waals surface area contributed by atoms with Crippen LogP contribution in [0, 0.1) is 6.92 Å². The second-order valence-corrected chi connectivity index (χ2v) is 4.59. The number of halogens is 1. The van der Waals surface area contributed by atoms with Crippen molar-refractivity contribution in [1.82, 2.24) is 4.98 Å². The van der Waals surface area contributed by atoms with Crippen LogP contribution in [-0.2, 0) is 17.8 Å². The normalized spacial score (nSPS) is 19.8. The first kappa shape index (κ1) is 11.1. The van der Waals surface area contributed by atoms with Crippen molar-refractivity contribution in [2.45, 2.75) is 26.1 Å². The van der Waals surface area contributed by atoms with E-state index in [4.69, 9.17) is 9.47 Å². The van der Waals surface area contributed by atoms with E-state index < -0.39 is 0 Å². The number of pyridine rings is 1. The number of fused-ring (bicyclic) bond motifs is 1. The fraction of sp³-hybridized carbons (Fsp3) is 0.545. The Bertz CT molecular complexity index is 368. The summed E-state index contributed by atoms with van der Waals surface area (Å²) < 4.78 is 11.9. The van der Waals surface area contributed by atoms with Gasteiger partial charge >= 0.3 is 0 Å². The Hall–Kier alpha value is -0.360. The van der Waals surface area contributed by atoms with E-state index in [1.165, 1.54) is 5.56 Å². The highest BCUT2D eigenvalue weighted by molar-refractivity contribution is 14.1. The zero-order valence-corrected chi connectivity index (χ0v) is 11.1. The summed E-state index contributed by atoms with van der Waals surface area (Å²) in [7, 11) is 1.66. The van der Waals surface area contributed by atoms with Gasteiger partial charge in [0.05, 0.1) is 25.5 Å². The molecule has 0 saturated heterocycles. The molecule has 0 fully saturated rings. The first-order valence-corrected chi connectivity index (χ1v) is 6.48. The molecular weight excluding hydrogens is 305 g/mol. The van der Waals surface area contributed by atoms with Crippen LogP contribution in [-0.4, -0.2) is 22.6 Å². The number of nitrogens with zero attached hydrogens (tertiary/aromatic N) is 1. The van der Waals surface area contributed by atoms with Crippen molar-refractivity contribution in [3.8, 4) is 5.88 Å². The van der Waals surface area contributed by atoms with Crippen LogP contribution in [0.3, 0.4) is 0 Å². The summed E-state index contributed by atoms with van der Waals surface area (Å²) in [6, 6.07) is 2.12. The molecule has 1 unspecified atom stereocenters. The number of methoxy groups -OCH3 is 1. The molecule has 0 aliphatic carbocycles. The lowest BCUT2D eigenvalue weighted by atomic mass is 10.0. The van der Waals surface area contributed by atoms with Crippen molar-refractivity contribution in [2.24, 2.45) is 0 Å². The number of ether oxygens (including phenoxy) is 2. The van der Waals surface area contributed by atoms with E-state index in [1.807, 2.05) is 6.92 Å². The van der Waals surface area contributed by atoms with E-state index in [1.54, 1.807) is 7.11 Å². The average Bonchev–Trinajstić information content (AvgIpc) is 2.27. The number of aryl methyl sites for hydroxylation is 1. The van der Waals surface area contributed by atoms with E-state index in [-0.39, 0.29) is 0 Å². The zero-order valence-electron chi connectivity index (χ0n) is 8.92. The van der Waals surface area contributed by atoms with Crippen molar-refractivity contribution < 1.29 is 9.47 Å². The van der Waals surface area contributed by atoms with E-state index >= 15 is 0 Å². The van der Waals surface area contributed by atoms with Crippen LogP contribution in [0.25, 0.3) is 0 Å². The molecule has 3 nitrogen and oxygen atoms in total. The molecule has 0 spiro atoms. The lowest BCUT2D eigenvalue weighted by Crippen LogP contribution is -2.24. The molecule has 0 amide bonds. The Kier molecular flexibility index (Phi) is 3.45. The summed E-state index contributed by atoms with van der Waals surface area (Å²) in [5.74, 6) is 0.739. The van der Waals surface area contributed by atoms with Gasteiger partial charge in [-0.15, -0.1) is 0 Å². The van der Waals surface area contributed by atoms with Crippen LogP contribution in [0.5, 0.6) is 5.88 Å². The Morgan fingerprint density at radius 3 is 3.13 bits per heavy atom. The predicted octanol–water partition coefficient (Wildman–Crippen LogP) is 2.27. The minimum absolute atomic E-state index is 0.304. The van der Waals surface area contributed by atoms with E-state index in [2.05, 4.69) is 33.6 Å². The van der Waals surface area contributed by atoms with Gasteiger partial charge in [-0.05, 0) is 18.6 Å². The predicted molar refractivity (Wildman–Crippen MR) is 66.7 cm³/mol. The van der Waals surface area contributed by atoms with Gasteiger partial charge in [0.2, 0.25) is 5.88 Å². The number of alkyl halides is 1. The van der Waals surface area contributed by atoms with Gasteiger partial charge < -0.3 is 9.47 Å². The van der Waals surface area contributed by atoms with E-state index in [0.717, 1.165) is 28.0 Å². The topological polar surface area (TPSA) is 31.4 Å². The third kappa shape index (κ3) is 2.25. The van der Waals surface area contributed by atoms with Gasteiger partial charge in [-0.25, -0.2) is 4.98 Å². The second kappa shape index (κ2) is 4.65. The van der Waals surface area contributed by atoms with E-state index in [0.29, 0.717) is 12.7 Å². The highest BCUT2D eigenvalue weighted by Crippen LogP contribution is 2.25. The first-order chi connectivity index (χ1) is 7.24. The van der Waals surface area contributed by atoms with Crippen LogP contribution in [0.2, 0.25) is 0 Å². The molecule has 2 heterocycles. The summed E-state index contributed by atoms with van der Waals surface area (Å²) >= 11 is 2.35. The summed E-state index contributed by atoms with van der Waals surface area (Å²) in [6.45, 7) is 2.69. The monoisotopic (exact) mass is 319 g/mol. The van der Waals surface area contributed by atoms with Gasteiger partial charge in [-0.2, -0.15) is 0 Å². The van der Waals surface area contributed by atoms with Crippen molar-refractivity contribution in [3.63, 3.8) is 0 Å². The van der Waals surface area contributed by atoms with Crippen LogP contribution in [0.15, 0.2) is 6.07 Å². The first-order valence-electron chi connectivity index (χ1n) is 4.95. The smallest absolute Gasteiger partial charge is 0.216 e. The SMILES string of the molecule is COc1nc2c(cc1C)COC(CI)C2. The molecule has 0 bridgehead atoms. The second-order valence-electron chi connectivity index (χ2n) is 3.71. The highest BCUT2D eigenvalue weighted by atomic mass is 127. The minimum Gasteiger partial charge on any atom is -0.481 e. The molecule has 1 aromatic heterocycles. The maximum absolute atomic E-state index is 5.69. The molecular formula is C11H14INO2. The van der Waals surface area contributed by atoms with Crippen LogP contribution >= 0.6 is 22.6 Å². The number of hydrogen-bond donors (Lipinski definition) is 0. The third-order valence-electron chi connectivity index (χ3n) is 2.60. The maximum Gasteiger partial charge on any atom is 0.216 e. The molecule has 2 rings (SSSR count). The van der Waals surface area contributed by atoms with Gasteiger partial charge in [-0.3, -0.25) is 0 Å². The zero-order chi connectivity index (χ0) is 10.8. The van der Waals surface area contributed by atoms with Gasteiger partial charge in [0, 0.05) is 16.4 Å². The Morgan fingerprint density at radius 2 is 2.47 bits per heavy atom. The molecule has 0 N–H and O–H groups in total. The van der Waals surface area contributed by atoms with Crippen molar-refractivity contribution in [1.29, 1.82) is 0 Å². The fourth-order valence-corrected chi connectivity index (χ4v) is 2.34. The van der Waals surface area contributed by atoms with Crippen LogP contribution in [0.4, 0.5) is 0 Å². The van der Waals surface area contributed by atoms with Crippen LogP contribution in [0.1, 0.15) is 16.8 Å². The van der Waals surface area contributed by atoms with Gasteiger partial charge in [0.1, 0.15) is 0 Å². The molecule has 15 heavy (non-hydrogen) atoms. The van der Waals surface area contributed by atoms with Crippen molar-refractivity contribution in [3.05, 3.63) is 22.9 Å². The van der Waals surface area contributed by atoms with Crippen LogP contribution < -0.4 is 4.74 Å². The lowest BCUT2D eigenvalue weighted by Gasteiger charge is -2.23. The van der Waals surface area contributed by atoms with E-state index in [9.17, 15) is 0 Å². The quantitative estimate of drug-likeness (QED) is 0.619. The summed E-state index contributed by atoms with van der Waals surface area (Å²) in [4.78, 5) is 4.52. The molecule has 1 aliphatic rings. The Labute approximate surface area is 103 Å². The number of aromatic nitrogens is 1. The Balaban J connectivity index is 2.33. The molecule has 1 aromatic rings. The molecule has 0 radical (unpaired) electrons. The summed E-state index contributed by atoms with van der Waals surface area (Å²) in [5, 5.41) is 0. The summed E-state index contributed by atoms with van der Waals surface area (Å²) in [5.41, 5.74) is 3.41. The average molecular weight is 319 g/mol. The number of hydrogen-bond acceptors (Lipinski definition) is 3. The summed E-state index contributed by atoms with van der Waals surface area (Å²) in [6.07, 6.45) is 1.20. The maximum atomic E-state index is 5.69. The van der Waals surface area contributed by atoms with Gasteiger partial charge in [-0.1, -0.05) is 22.6 Å². The minimum atomic E-state index is 0.304. The Morgan fingerprint density at radius 1 is 1.67 bits per heavy atom. The largest absolute Gasteiger partial charge is 0.481 e. The third-order valence-corrected chi connectivity index (χ3v) is 3.58. The lowest BCUT2D eigenvalue weighted by molar-refractivity contribution is 0.0443. The molecule has 4 heteroatoms. The fourth-order valence-electron chi connectivity index (χ4n) is 1.78. The molecule has 0 saturated carbocycles. The standard InChI is InChI=1S/C11H14INO2/c1-7-3-8-6-15-9(5-12)4-10(8)13-11(7)14-2/h3,9H,4-6H2,1-2H3. The molecule has 82 valence electrons. The van der Waals surface area contributed by atoms with Gasteiger partial charge in [0.15, 0.2) is 0 Å². The van der Waals surface area contributed by atoms with Crippen molar-refractivity contribution >= 4 is 22.6 Å². The van der Waals surface area contributed by atoms with Crippen molar-refractivity contribution in [2.75, 3.05) is 11.5 Å². The number of rotatable bonds is 2. The molecule has 1 aliphatic heterocycles. The highest BCUT2D eigenvalue weighted by Gasteiger charge is 2.20. The molecule has 0 aromatic carbocycles.